The summed E-state index contributed by atoms with van der Waals surface area (Å²) in [5, 5.41) is 9.82. The molecule has 17 heavy (non-hydrogen) atoms. The van der Waals surface area contributed by atoms with Crippen molar-refractivity contribution in [2.75, 3.05) is 7.11 Å². The normalized spacial score (nSPS) is 19.6. The molecule has 88 valence electrons. The summed E-state index contributed by atoms with van der Waals surface area (Å²) in [5.74, 6) is 2.68. The van der Waals surface area contributed by atoms with E-state index in [1.165, 1.54) is 0 Å². The fourth-order valence-electron chi connectivity index (χ4n) is 2.21. The standard InChI is InChI=1S/C14H14O3/c1-3-4-13(15)12-8-9-7-10(17-2)5-6-11(9)14(12)16/h1,5-7,12-13,15H,4,8H2,2H3. The second-order valence-electron chi connectivity index (χ2n) is 4.17. The lowest BCUT2D eigenvalue weighted by Gasteiger charge is -2.13. The first kappa shape index (κ1) is 11.7. The number of Topliss-reactive ketones (excluding diaryl/α,β-unsaturated/α-hetero) is 1. The van der Waals surface area contributed by atoms with Crippen LogP contribution in [0.4, 0.5) is 0 Å². The summed E-state index contributed by atoms with van der Waals surface area (Å²) in [6.07, 6.45) is 5.14. The molecular weight excluding hydrogens is 216 g/mol. The number of ether oxygens (including phenoxy) is 1. The van der Waals surface area contributed by atoms with Gasteiger partial charge in [0, 0.05) is 12.0 Å². The zero-order valence-electron chi connectivity index (χ0n) is 9.64. The maximum absolute atomic E-state index is 12.0. The average molecular weight is 230 g/mol. The Labute approximate surface area is 100 Å². The van der Waals surface area contributed by atoms with Crippen molar-refractivity contribution in [3.8, 4) is 18.1 Å². The molecule has 0 amide bonds. The molecule has 1 N–H and O–H groups in total. The Morgan fingerprint density at radius 2 is 2.41 bits per heavy atom. The van der Waals surface area contributed by atoms with Gasteiger partial charge in [-0.3, -0.25) is 4.79 Å². The van der Waals surface area contributed by atoms with Crippen molar-refractivity contribution < 1.29 is 14.6 Å². The van der Waals surface area contributed by atoms with Crippen molar-refractivity contribution in [3.63, 3.8) is 0 Å². The van der Waals surface area contributed by atoms with Gasteiger partial charge in [-0.25, -0.2) is 0 Å². The maximum atomic E-state index is 12.0. The van der Waals surface area contributed by atoms with Crippen molar-refractivity contribution in [1.82, 2.24) is 0 Å². The van der Waals surface area contributed by atoms with E-state index in [0.29, 0.717) is 12.0 Å². The number of hydrogen-bond donors (Lipinski definition) is 1. The number of methoxy groups -OCH3 is 1. The van der Waals surface area contributed by atoms with Crippen LogP contribution < -0.4 is 4.74 Å². The molecule has 2 unspecified atom stereocenters. The number of hydrogen-bond acceptors (Lipinski definition) is 3. The molecule has 0 fully saturated rings. The number of fused-ring (bicyclic) bond motifs is 1. The Balaban J connectivity index is 2.26. The SMILES string of the molecule is C#CCC(O)C1Cc2cc(OC)ccc2C1=O. The second-order valence-corrected chi connectivity index (χ2v) is 4.17. The number of terminal acetylenes is 1. The molecule has 2 atom stereocenters. The lowest BCUT2D eigenvalue weighted by Crippen LogP contribution is -2.25. The summed E-state index contributed by atoms with van der Waals surface area (Å²) in [6.45, 7) is 0. The topological polar surface area (TPSA) is 46.5 Å². The van der Waals surface area contributed by atoms with Crippen molar-refractivity contribution in [3.05, 3.63) is 29.3 Å². The van der Waals surface area contributed by atoms with Gasteiger partial charge in [-0.2, -0.15) is 0 Å². The van der Waals surface area contributed by atoms with Crippen LogP contribution in [0.15, 0.2) is 18.2 Å². The summed E-state index contributed by atoms with van der Waals surface area (Å²) in [7, 11) is 1.59. The van der Waals surface area contributed by atoms with Crippen molar-refractivity contribution >= 4 is 5.78 Å². The molecule has 1 aliphatic carbocycles. The molecule has 0 aliphatic heterocycles. The molecule has 3 nitrogen and oxygen atoms in total. The molecule has 1 aliphatic rings. The number of ketones is 1. The van der Waals surface area contributed by atoms with Crippen LogP contribution in [0.3, 0.4) is 0 Å². The van der Waals surface area contributed by atoms with E-state index in [0.717, 1.165) is 11.3 Å². The molecule has 1 aromatic carbocycles. The van der Waals surface area contributed by atoms with Gasteiger partial charge in [-0.1, -0.05) is 0 Å². The zero-order valence-corrected chi connectivity index (χ0v) is 9.64. The van der Waals surface area contributed by atoms with Crippen LogP contribution in [0.25, 0.3) is 0 Å². The third kappa shape index (κ3) is 2.04. The Hall–Kier alpha value is -1.79. The third-order valence-corrected chi connectivity index (χ3v) is 3.15. The van der Waals surface area contributed by atoms with E-state index in [2.05, 4.69) is 5.92 Å². The molecule has 0 heterocycles. The monoisotopic (exact) mass is 230 g/mol. The molecule has 0 bridgehead atoms. The Bertz CT molecular complexity index is 485. The minimum Gasteiger partial charge on any atom is -0.497 e. The average Bonchev–Trinajstić information content (AvgIpc) is 2.66. The van der Waals surface area contributed by atoms with Gasteiger partial charge in [0.1, 0.15) is 5.75 Å². The van der Waals surface area contributed by atoms with E-state index in [1.54, 1.807) is 19.2 Å². The maximum Gasteiger partial charge on any atom is 0.169 e. The molecule has 0 saturated carbocycles. The van der Waals surface area contributed by atoms with E-state index in [4.69, 9.17) is 11.2 Å². The lowest BCUT2D eigenvalue weighted by molar-refractivity contribution is 0.0725. The number of benzene rings is 1. The molecule has 1 aromatic rings. The van der Waals surface area contributed by atoms with Crippen LogP contribution >= 0.6 is 0 Å². The number of rotatable bonds is 3. The van der Waals surface area contributed by atoms with Crippen molar-refractivity contribution in [2.45, 2.75) is 18.9 Å². The second kappa shape index (κ2) is 4.60. The van der Waals surface area contributed by atoms with Gasteiger partial charge in [0.05, 0.1) is 19.1 Å². The first-order valence-electron chi connectivity index (χ1n) is 5.50. The first-order chi connectivity index (χ1) is 8.17. The fraction of sp³-hybridized carbons (Fsp3) is 0.357. The van der Waals surface area contributed by atoms with Gasteiger partial charge in [-0.15, -0.1) is 12.3 Å². The Morgan fingerprint density at radius 1 is 1.65 bits per heavy atom. The highest BCUT2D eigenvalue weighted by atomic mass is 16.5. The van der Waals surface area contributed by atoms with E-state index >= 15 is 0 Å². The molecule has 3 heteroatoms. The first-order valence-corrected chi connectivity index (χ1v) is 5.50. The van der Waals surface area contributed by atoms with Gasteiger partial charge in [0.25, 0.3) is 0 Å². The lowest BCUT2D eigenvalue weighted by atomic mass is 9.96. The molecule has 0 spiro atoms. The number of carbonyl (C=O) groups excluding carboxylic acids is 1. The summed E-state index contributed by atoms with van der Waals surface area (Å²) in [6, 6.07) is 5.35. The Kier molecular flexibility index (Phi) is 3.16. The Morgan fingerprint density at radius 3 is 3.06 bits per heavy atom. The van der Waals surface area contributed by atoms with Crippen molar-refractivity contribution in [1.29, 1.82) is 0 Å². The highest BCUT2D eigenvalue weighted by Gasteiger charge is 2.35. The van der Waals surface area contributed by atoms with Gasteiger partial charge in [0.2, 0.25) is 0 Å². The van der Waals surface area contributed by atoms with Crippen LogP contribution in [0.5, 0.6) is 5.75 Å². The predicted molar refractivity (Wildman–Crippen MR) is 64.0 cm³/mol. The number of aliphatic hydroxyl groups is 1. The zero-order chi connectivity index (χ0) is 12.4. The molecular formula is C14H14O3. The molecule has 0 radical (unpaired) electrons. The van der Waals surface area contributed by atoms with E-state index < -0.39 is 12.0 Å². The minimum atomic E-state index is -0.758. The smallest absolute Gasteiger partial charge is 0.169 e. The van der Waals surface area contributed by atoms with Gasteiger partial charge in [-0.05, 0) is 30.2 Å². The van der Waals surface area contributed by atoms with Crippen LogP contribution in [-0.2, 0) is 6.42 Å². The molecule has 0 aromatic heterocycles. The molecule has 0 saturated heterocycles. The summed E-state index contributed by atoms with van der Waals surface area (Å²) in [4.78, 5) is 12.0. The van der Waals surface area contributed by atoms with Crippen LogP contribution in [0.2, 0.25) is 0 Å². The highest BCUT2D eigenvalue weighted by Crippen LogP contribution is 2.32. The van der Waals surface area contributed by atoms with E-state index in [-0.39, 0.29) is 12.2 Å². The third-order valence-electron chi connectivity index (χ3n) is 3.15. The molecule has 2 rings (SSSR count). The summed E-state index contributed by atoms with van der Waals surface area (Å²) < 4.78 is 5.11. The predicted octanol–water partition coefficient (Wildman–Crippen LogP) is 1.43. The van der Waals surface area contributed by atoms with Crippen LogP contribution in [0, 0.1) is 18.3 Å². The summed E-state index contributed by atoms with van der Waals surface area (Å²) >= 11 is 0. The van der Waals surface area contributed by atoms with Gasteiger partial charge >= 0.3 is 0 Å². The largest absolute Gasteiger partial charge is 0.497 e. The van der Waals surface area contributed by atoms with Crippen LogP contribution in [0.1, 0.15) is 22.3 Å². The fourth-order valence-corrected chi connectivity index (χ4v) is 2.21. The van der Waals surface area contributed by atoms with E-state index in [1.807, 2.05) is 6.07 Å². The van der Waals surface area contributed by atoms with Crippen LogP contribution in [-0.4, -0.2) is 24.1 Å². The highest BCUT2D eigenvalue weighted by molar-refractivity contribution is 6.02. The summed E-state index contributed by atoms with van der Waals surface area (Å²) in [5.41, 5.74) is 1.60. The van der Waals surface area contributed by atoms with Gasteiger partial charge in [0.15, 0.2) is 5.78 Å². The van der Waals surface area contributed by atoms with E-state index in [9.17, 15) is 9.90 Å². The number of aliphatic hydroxyl groups excluding tert-OH is 1. The van der Waals surface area contributed by atoms with Crippen molar-refractivity contribution in [2.24, 2.45) is 5.92 Å². The number of carbonyl (C=O) groups is 1. The van der Waals surface area contributed by atoms with Gasteiger partial charge < -0.3 is 9.84 Å². The minimum absolute atomic E-state index is 0.0228. The quantitative estimate of drug-likeness (QED) is 0.799.